The molecular formula is C18H24N6O. The van der Waals surface area contributed by atoms with Crippen molar-refractivity contribution in [3.63, 3.8) is 0 Å². The Labute approximate surface area is 147 Å². The van der Waals surface area contributed by atoms with Gasteiger partial charge in [0.2, 0.25) is 5.91 Å². The Morgan fingerprint density at radius 2 is 1.92 bits per heavy atom. The average Bonchev–Trinajstić information content (AvgIpc) is 2.66. The van der Waals surface area contributed by atoms with Crippen molar-refractivity contribution in [1.82, 2.24) is 20.6 Å². The number of carbonyl (C=O) groups excluding carboxylic acids is 1. The van der Waals surface area contributed by atoms with Gasteiger partial charge in [-0.2, -0.15) is 0 Å². The van der Waals surface area contributed by atoms with Gasteiger partial charge >= 0.3 is 0 Å². The van der Waals surface area contributed by atoms with E-state index < -0.39 is 0 Å². The summed E-state index contributed by atoms with van der Waals surface area (Å²) in [5, 5.41) is 9.42. The molecule has 1 fully saturated rings. The molecule has 0 aliphatic carbocycles. The van der Waals surface area contributed by atoms with E-state index in [0.29, 0.717) is 18.9 Å². The highest BCUT2D eigenvalue weighted by Crippen LogP contribution is 2.22. The summed E-state index contributed by atoms with van der Waals surface area (Å²) in [6.45, 7) is 6.45. The molecule has 1 saturated heterocycles. The van der Waals surface area contributed by atoms with Crippen molar-refractivity contribution in [1.29, 1.82) is 0 Å². The lowest BCUT2D eigenvalue weighted by Crippen LogP contribution is -2.44. The summed E-state index contributed by atoms with van der Waals surface area (Å²) >= 11 is 0. The van der Waals surface area contributed by atoms with Crippen molar-refractivity contribution in [2.75, 3.05) is 49.5 Å². The monoisotopic (exact) mass is 340 g/mol. The first-order chi connectivity index (χ1) is 12.2. The predicted molar refractivity (Wildman–Crippen MR) is 99.7 cm³/mol. The van der Waals surface area contributed by atoms with E-state index in [1.165, 1.54) is 6.92 Å². The molecule has 1 aromatic carbocycles. The molecule has 132 valence electrons. The molecule has 2 aromatic rings. The molecule has 7 heteroatoms. The molecule has 1 aliphatic heterocycles. The number of carbonyl (C=O) groups is 1. The number of anilines is 2. The van der Waals surface area contributed by atoms with E-state index in [2.05, 4.69) is 25.8 Å². The van der Waals surface area contributed by atoms with Crippen molar-refractivity contribution in [3.05, 3.63) is 36.4 Å². The third kappa shape index (κ3) is 4.90. The van der Waals surface area contributed by atoms with Crippen LogP contribution in [0.5, 0.6) is 0 Å². The summed E-state index contributed by atoms with van der Waals surface area (Å²) in [6.07, 6.45) is 0. The van der Waals surface area contributed by atoms with E-state index >= 15 is 0 Å². The smallest absolute Gasteiger partial charge is 0.216 e. The van der Waals surface area contributed by atoms with Crippen LogP contribution in [0.1, 0.15) is 6.92 Å². The molecule has 0 atom stereocenters. The second-order valence-electron chi connectivity index (χ2n) is 5.95. The van der Waals surface area contributed by atoms with Crippen LogP contribution in [0.15, 0.2) is 36.4 Å². The van der Waals surface area contributed by atoms with Gasteiger partial charge in [-0.15, -0.1) is 0 Å². The molecule has 25 heavy (non-hydrogen) atoms. The van der Waals surface area contributed by atoms with Crippen molar-refractivity contribution in [3.8, 4) is 11.4 Å². The molecule has 1 aromatic heterocycles. The van der Waals surface area contributed by atoms with E-state index in [9.17, 15) is 4.79 Å². The Kier molecular flexibility index (Phi) is 5.79. The zero-order valence-electron chi connectivity index (χ0n) is 14.5. The number of nitrogens with zero attached hydrogens (tertiary/aromatic N) is 3. The van der Waals surface area contributed by atoms with Gasteiger partial charge < -0.3 is 20.9 Å². The topological polar surface area (TPSA) is 82.2 Å². The summed E-state index contributed by atoms with van der Waals surface area (Å²) in [7, 11) is 0. The lowest BCUT2D eigenvalue weighted by molar-refractivity contribution is -0.118. The predicted octanol–water partition coefficient (Wildman–Crippen LogP) is 1.10. The van der Waals surface area contributed by atoms with Gasteiger partial charge in [-0.3, -0.25) is 4.79 Å². The molecule has 1 aliphatic rings. The largest absolute Gasteiger partial charge is 0.368 e. The third-order valence-electron chi connectivity index (χ3n) is 3.99. The van der Waals surface area contributed by atoms with Crippen molar-refractivity contribution < 1.29 is 4.79 Å². The fraction of sp³-hybridized carbons (Fsp3) is 0.389. The molecule has 0 radical (unpaired) electrons. The van der Waals surface area contributed by atoms with Crippen LogP contribution in [0.3, 0.4) is 0 Å². The van der Waals surface area contributed by atoms with Gasteiger partial charge in [0.05, 0.1) is 0 Å². The zero-order chi connectivity index (χ0) is 17.5. The van der Waals surface area contributed by atoms with E-state index in [-0.39, 0.29) is 5.91 Å². The first-order valence-electron chi connectivity index (χ1n) is 8.61. The van der Waals surface area contributed by atoms with Crippen LogP contribution in [-0.2, 0) is 4.79 Å². The Hall–Kier alpha value is -2.67. The zero-order valence-corrected chi connectivity index (χ0v) is 14.5. The molecule has 0 saturated carbocycles. The maximum absolute atomic E-state index is 11.0. The van der Waals surface area contributed by atoms with Gasteiger partial charge in [0.1, 0.15) is 11.6 Å². The fourth-order valence-electron chi connectivity index (χ4n) is 2.73. The van der Waals surface area contributed by atoms with Crippen LogP contribution in [-0.4, -0.2) is 55.1 Å². The maximum atomic E-state index is 11.0. The standard InChI is InChI=1S/C18H24N6O/c1-14(25)20-7-8-21-16-13-17(24-11-9-19-10-12-24)23-18(22-16)15-5-3-2-4-6-15/h2-6,13,19H,7-12H2,1H3,(H,20,25)(H,21,22,23). The molecule has 3 N–H and O–H groups in total. The second kappa shape index (κ2) is 8.43. The highest BCUT2D eigenvalue weighted by Gasteiger charge is 2.15. The lowest BCUT2D eigenvalue weighted by Gasteiger charge is -2.29. The van der Waals surface area contributed by atoms with E-state index in [1.54, 1.807) is 0 Å². The highest BCUT2D eigenvalue weighted by molar-refractivity contribution is 5.72. The molecule has 0 spiro atoms. The second-order valence-corrected chi connectivity index (χ2v) is 5.95. The minimum absolute atomic E-state index is 0.0315. The van der Waals surface area contributed by atoms with Gasteiger partial charge in [-0.1, -0.05) is 30.3 Å². The van der Waals surface area contributed by atoms with Gasteiger partial charge in [0.15, 0.2) is 5.82 Å². The number of piperazine rings is 1. The number of hydrogen-bond acceptors (Lipinski definition) is 6. The lowest BCUT2D eigenvalue weighted by atomic mass is 10.2. The molecule has 3 rings (SSSR count). The number of nitrogens with one attached hydrogen (secondary N) is 3. The summed E-state index contributed by atoms with van der Waals surface area (Å²) in [6, 6.07) is 12.0. The first-order valence-corrected chi connectivity index (χ1v) is 8.61. The van der Waals surface area contributed by atoms with Crippen molar-refractivity contribution >= 4 is 17.5 Å². The molecule has 0 bridgehead atoms. The van der Waals surface area contributed by atoms with E-state index in [1.807, 2.05) is 36.4 Å². The van der Waals surface area contributed by atoms with Crippen LogP contribution in [0, 0.1) is 0 Å². The number of benzene rings is 1. The normalized spacial score (nSPS) is 14.2. The number of hydrogen-bond donors (Lipinski definition) is 3. The number of rotatable bonds is 6. The van der Waals surface area contributed by atoms with Crippen LogP contribution in [0.4, 0.5) is 11.6 Å². The minimum Gasteiger partial charge on any atom is -0.368 e. The summed E-state index contributed by atoms with van der Waals surface area (Å²) in [5.41, 5.74) is 0.990. The van der Waals surface area contributed by atoms with Crippen LogP contribution < -0.4 is 20.9 Å². The first kappa shape index (κ1) is 17.2. The van der Waals surface area contributed by atoms with E-state index in [0.717, 1.165) is 43.4 Å². The van der Waals surface area contributed by atoms with Crippen molar-refractivity contribution in [2.45, 2.75) is 6.92 Å². The molecule has 0 unspecified atom stereocenters. The summed E-state index contributed by atoms with van der Waals surface area (Å²) in [4.78, 5) is 22.6. The summed E-state index contributed by atoms with van der Waals surface area (Å²) in [5.74, 6) is 2.37. The van der Waals surface area contributed by atoms with Gasteiger partial charge in [0.25, 0.3) is 0 Å². The van der Waals surface area contributed by atoms with Crippen LogP contribution in [0.25, 0.3) is 11.4 Å². The third-order valence-corrected chi connectivity index (χ3v) is 3.99. The number of aromatic nitrogens is 2. The Bertz CT molecular complexity index is 700. The molecule has 7 nitrogen and oxygen atoms in total. The number of amides is 1. The Morgan fingerprint density at radius 1 is 1.16 bits per heavy atom. The molecule has 1 amide bonds. The molecule has 2 heterocycles. The van der Waals surface area contributed by atoms with Gasteiger partial charge in [-0.05, 0) is 0 Å². The van der Waals surface area contributed by atoms with Gasteiger partial charge in [-0.25, -0.2) is 9.97 Å². The Balaban J connectivity index is 1.81. The quantitative estimate of drug-likeness (QED) is 0.683. The van der Waals surface area contributed by atoms with Gasteiger partial charge in [0, 0.05) is 57.8 Å². The minimum atomic E-state index is -0.0315. The fourth-order valence-corrected chi connectivity index (χ4v) is 2.73. The SMILES string of the molecule is CC(=O)NCCNc1cc(N2CCNCC2)nc(-c2ccccc2)n1. The highest BCUT2D eigenvalue weighted by atomic mass is 16.1. The molecular weight excluding hydrogens is 316 g/mol. The van der Waals surface area contributed by atoms with Crippen LogP contribution in [0.2, 0.25) is 0 Å². The van der Waals surface area contributed by atoms with Crippen molar-refractivity contribution in [2.24, 2.45) is 0 Å². The average molecular weight is 340 g/mol. The Morgan fingerprint density at radius 3 is 2.64 bits per heavy atom. The summed E-state index contributed by atoms with van der Waals surface area (Å²) < 4.78 is 0. The van der Waals surface area contributed by atoms with E-state index in [4.69, 9.17) is 4.98 Å². The van der Waals surface area contributed by atoms with Crippen LogP contribution >= 0.6 is 0 Å². The maximum Gasteiger partial charge on any atom is 0.216 e.